The van der Waals surface area contributed by atoms with E-state index < -0.39 is 0 Å². The highest BCUT2D eigenvalue weighted by atomic mass is 16.5. The van der Waals surface area contributed by atoms with Gasteiger partial charge >= 0.3 is 0 Å². The van der Waals surface area contributed by atoms with Gasteiger partial charge in [0, 0.05) is 31.9 Å². The third-order valence-electron chi connectivity index (χ3n) is 3.15. The third-order valence-corrected chi connectivity index (χ3v) is 3.15. The van der Waals surface area contributed by atoms with Gasteiger partial charge < -0.3 is 10.1 Å². The highest BCUT2D eigenvalue weighted by Crippen LogP contribution is 2.05. The van der Waals surface area contributed by atoms with Crippen molar-refractivity contribution in [3.63, 3.8) is 0 Å². The molecule has 0 saturated heterocycles. The summed E-state index contributed by atoms with van der Waals surface area (Å²) < 4.78 is 5.32. The minimum atomic E-state index is 0.374. The lowest BCUT2D eigenvalue weighted by molar-refractivity contribution is 0.101. The maximum Gasteiger partial charge on any atom is 0.0630 e. The molecule has 1 aromatic rings. The Balaban J connectivity index is 2.52. The molecule has 1 heterocycles. The van der Waals surface area contributed by atoms with Crippen molar-refractivity contribution in [3.8, 4) is 0 Å². The standard InChI is InChI=1S/C15H27N3O/c1-5-9-16-10-15(12-19-4)18(3)11-14-8-6-7-13(2)17-14/h6-8,15-16H,5,9-12H2,1-4H3. The topological polar surface area (TPSA) is 37.4 Å². The molecule has 0 saturated carbocycles. The quantitative estimate of drug-likeness (QED) is 0.691. The second-order valence-electron chi connectivity index (χ2n) is 5.00. The van der Waals surface area contributed by atoms with Gasteiger partial charge in [0.2, 0.25) is 0 Å². The van der Waals surface area contributed by atoms with Crippen molar-refractivity contribution in [2.24, 2.45) is 0 Å². The number of rotatable bonds is 9. The predicted molar refractivity (Wildman–Crippen MR) is 79.3 cm³/mol. The van der Waals surface area contributed by atoms with Crippen LogP contribution in [0.2, 0.25) is 0 Å². The highest BCUT2D eigenvalue weighted by molar-refractivity contribution is 5.09. The molecule has 108 valence electrons. The van der Waals surface area contributed by atoms with Crippen LogP contribution in [0.5, 0.6) is 0 Å². The van der Waals surface area contributed by atoms with Gasteiger partial charge in [0.25, 0.3) is 0 Å². The molecule has 1 N–H and O–H groups in total. The molecule has 0 aliphatic carbocycles. The van der Waals surface area contributed by atoms with Crippen molar-refractivity contribution in [1.29, 1.82) is 0 Å². The number of nitrogens with zero attached hydrogens (tertiary/aromatic N) is 2. The van der Waals surface area contributed by atoms with Crippen LogP contribution in [0.15, 0.2) is 18.2 Å². The summed E-state index contributed by atoms with van der Waals surface area (Å²) in [5, 5.41) is 3.46. The molecule has 1 aromatic heterocycles. The minimum absolute atomic E-state index is 0.374. The largest absolute Gasteiger partial charge is 0.383 e. The number of hydrogen-bond acceptors (Lipinski definition) is 4. The Morgan fingerprint density at radius 3 is 2.84 bits per heavy atom. The highest BCUT2D eigenvalue weighted by Gasteiger charge is 2.14. The summed E-state index contributed by atoms with van der Waals surface area (Å²) in [4.78, 5) is 6.85. The van der Waals surface area contributed by atoms with E-state index in [2.05, 4.69) is 41.3 Å². The van der Waals surface area contributed by atoms with Gasteiger partial charge in [0.15, 0.2) is 0 Å². The molecule has 0 spiro atoms. The Hall–Kier alpha value is -0.970. The van der Waals surface area contributed by atoms with Crippen LogP contribution in [-0.2, 0) is 11.3 Å². The van der Waals surface area contributed by atoms with Gasteiger partial charge in [-0.1, -0.05) is 13.0 Å². The van der Waals surface area contributed by atoms with Crippen LogP contribution in [0.25, 0.3) is 0 Å². The number of aromatic nitrogens is 1. The Morgan fingerprint density at radius 2 is 2.21 bits per heavy atom. The molecule has 1 rings (SSSR count). The van der Waals surface area contributed by atoms with Crippen molar-refractivity contribution in [3.05, 3.63) is 29.6 Å². The number of ether oxygens (including phenoxy) is 1. The lowest BCUT2D eigenvalue weighted by Gasteiger charge is -2.27. The van der Waals surface area contributed by atoms with Gasteiger partial charge in [-0.3, -0.25) is 9.88 Å². The zero-order valence-electron chi connectivity index (χ0n) is 12.6. The van der Waals surface area contributed by atoms with Gasteiger partial charge in [-0.25, -0.2) is 0 Å². The van der Waals surface area contributed by atoms with E-state index in [1.807, 2.05) is 13.0 Å². The summed E-state index contributed by atoms with van der Waals surface area (Å²) in [5.41, 5.74) is 2.18. The van der Waals surface area contributed by atoms with E-state index in [0.717, 1.165) is 44.0 Å². The molecule has 0 radical (unpaired) electrons. The van der Waals surface area contributed by atoms with Crippen molar-refractivity contribution in [1.82, 2.24) is 15.2 Å². The summed E-state index contributed by atoms with van der Waals surface area (Å²) in [6.45, 7) is 7.79. The first-order valence-corrected chi connectivity index (χ1v) is 6.99. The molecule has 4 nitrogen and oxygen atoms in total. The normalized spacial score (nSPS) is 12.9. The van der Waals surface area contributed by atoms with Gasteiger partial charge in [0.1, 0.15) is 0 Å². The van der Waals surface area contributed by atoms with E-state index in [1.54, 1.807) is 7.11 Å². The molecule has 4 heteroatoms. The summed E-state index contributed by atoms with van der Waals surface area (Å²) in [6.07, 6.45) is 1.16. The van der Waals surface area contributed by atoms with Gasteiger partial charge in [-0.2, -0.15) is 0 Å². The zero-order chi connectivity index (χ0) is 14.1. The summed E-state index contributed by atoms with van der Waals surface area (Å²) in [5.74, 6) is 0. The zero-order valence-corrected chi connectivity index (χ0v) is 12.6. The van der Waals surface area contributed by atoms with E-state index in [0.29, 0.717) is 6.04 Å². The van der Waals surface area contributed by atoms with E-state index in [1.165, 1.54) is 0 Å². The van der Waals surface area contributed by atoms with Crippen LogP contribution < -0.4 is 5.32 Å². The Labute approximate surface area is 117 Å². The van der Waals surface area contributed by atoms with Crippen molar-refractivity contribution in [2.75, 3.05) is 33.9 Å². The number of aryl methyl sites for hydroxylation is 1. The number of pyridine rings is 1. The first-order valence-electron chi connectivity index (χ1n) is 6.99. The van der Waals surface area contributed by atoms with Crippen LogP contribution >= 0.6 is 0 Å². The SMILES string of the molecule is CCCNCC(COC)N(C)Cc1cccc(C)n1. The summed E-state index contributed by atoms with van der Waals surface area (Å²) in [6, 6.07) is 6.54. The lowest BCUT2D eigenvalue weighted by Crippen LogP contribution is -2.43. The van der Waals surface area contributed by atoms with Crippen LogP contribution in [0.1, 0.15) is 24.7 Å². The number of nitrogens with one attached hydrogen (secondary N) is 1. The molecular formula is C15H27N3O. The van der Waals surface area contributed by atoms with Crippen LogP contribution in [0.4, 0.5) is 0 Å². The lowest BCUT2D eigenvalue weighted by atomic mass is 10.2. The van der Waals surface area contributed by atoms with Crippen molar-refractivity contribution < 1.29 is 4.74 Å². The molecule has 0 aliphatic heterocycles. The Morgan fingerprint density at radius 1 is 1.42 bits per heavy atom. The first kappa shape index (κ1) is 16.1. The summed E-state index contributed by atoms with van der Waals surface area (Å²) >= 11 is 0. The molecule has 0 aliphatic rings. The number of hydrogen-bond donors (Lipinski definition) is 1. The molecule has 0 amide bonds. The molecule has 1 unspecified atom stereocenters. The Kier molecular flexibility index (Phi) is 7.63. The maximum absolute atomic E-state index is 5.32. The molecule has 1 atom stereocenters. The van der Waals surface area contributed by atoms with Crippen LogP contribution in [0, 0.1) is 6.92 Å². The van der Waals surface area contributed by atoms with Crippen molar-refractivity contribution >= 4 is 0 Å². The second-order valence-corrected chi connectivity index (χ2v) is 5.00. The number of likely N-dealkylation sites (N-methyl/N-ethyl adjacent to an activating group) is 1. The Bertz CT molecular complexity index is 357. The molecule has 0 bridgehead atoms. The maximum atomic E-state index is 5.32. The smallest absolute Gasteiger partial charge is 0.0630 e. The summed E-state index contributed by atoms with van der Waals surface area (Å²) in [7, 11) is 3.88. The third kappa shape index (κ3) is 6.14. The predicted octanol–water partition coefficient (Wildman–Crippen LogP) is 1.84. The van der Waals surface area contributed by atoms with Crippen molar-refractivity contribution in [2.45, 2.75) is 32.9 Å². The average Bonchev–Trinajstić information content (AvgIpc) is 2.38. The fourth-order valence-corrected chi connectivity index (χ4v) is 2.05. The average molecular weight is 265 g/mol. The molecule has 0 fully saturated rings. The van der Waals surface area contributed by atoms with Crippen LogP contribution in [-0.4, -0.2) is 49.8 Å². The minimum Gasteiger partial charge on any atom is -0.383 e. The van der Waals surface area contributed by atoms with Gasteiger partial charge in [-0.15, -0.1) is 0 Å². The van der Waals surface area contributed by atoms with E-state index in [-0.39, 0.29) is 0 Å². The first-order chi connectivity index (χ1) is 9.17. The number of methoxy groups -OCH3 is 1. The van der Waals surface area contributed by atoms with Gasteiger partial charge in [0.05, 0.1) is 12.3 Å². The van der Waals surface area contributed by atoms with Gasteiger partial charge in [-0.05, 0) is 39.1 Å². The van der Waals surface area contributed by atoms with E-state index in [9.17, 15) is 0 Å². The van der Waals surface area contributed by atoms with Crippen LogP contribution in [0.3, 0.4) is 0 Å². The molecule has 0 aromatic carbocycles. The fourth-order valence-electron chi connectivity index (χ4n) is 2.05. The van der Waals surface area contributed by atoms with E-state index in [4.69, 9.17) is 4.74 Å². The second kappa shape index (κ2) is 9.02. The van der Waals surface area contributed by atoms with E-state index >= 15 is 0 Å². The molecule has 19 heavy (non-hydrogen) atoms. The monoisotopic (exact) mass is 265 g/mol. The fraction of sp³-hybridized carbons (Fsp3) is 0.667. The molecular weight excluding hydrogens is 238 g/mol.